The molecular formula is C28H35N5O5S2. The lowest BCUT2D eigenvalue weighted by molar-refractivity contribution is -0.123. The lowest BCUT2D eigenvalue weighted by Crippen LogP contribution is -2.29. The van der Waals surface area contributed by atoms with Crippen LogP contribution in [0.4, 0.5) is 5.00 Å². The van der Waals surface area contributed by atoms with Crippen LogP contribution in [0, 0.1) is 0 Å². The van der Waals surface area contributed by atoms with Gasteiger partial charge < -0.3 is 24.7 Å². The molecule has 0 bridgehead atoms. The molecule has 214 valence electrons. The van der Waals surface area contributed by atoms with Crippen LogP contribution in [0.5, 0.6) is 5.75 Å². The van der Waals surface area contributed by atoms with E-state index in [0.29, 0.717) is 33.8 Å². The number of nitrogens with zero attached hydrogens (tertiary/aromatic N) is 3. The number of esters is 1. The average molecular weight is 586 g/mol. The zero-order valence-corrected chi connectivity index (χ0v) is 24.5. The highest BCUT2D eigenvalue weighted by molar-refractivity contribution is 7.99. The zero-order valence-electron chi connectivity index (χ0n) is 22.9. The summed E-state index contributed by atoms with van der Waals surface area (Å²) in [5.41, 5.74) is 1.51. The van der Waals surface area contributed by atoms with Crippen LogP contribution in [0.3, 0.4) is 0 Å². The van der Waals surface area contributed by atoms with Crippen LogP contribution in [0.25, 0.3) is 0 Å². The van der Waals surface area contributed by atoms with Crippen LogP contribution >= 0.6 is 23.1 Å². The molecule has 0 saturated heterocycles. The van der Waals surface area contributed by atoms with E-state index in [-0.39, 0.29) is 43.3 Å². The Balaban J connectivity index is 1.36. The molecule has 12 heteroatoms. The number of rotatable bonds is 14. The van der Waals surface area contributed by atoms with E-state index < -0.39 is 0 Å². The van der Waals surface area contributed by atoms with E-state index in [2.05, 4.69) is 27.8 Å². The van der Waals surface area contributed by atoms with Crippen LogP contribution in [0.2, 0.25) is 0 Å². The molecule has 0 aliphatic heterocycles. The van der Waals surface area contributed by atoms with E-state index in [0.717, 1.165) is 49.0 Å². The molecule has 0 radical (unpaired) electrons. The first kappa shape index (κ1) is 29.6. The molecule has 0 fully saturated rings. The minimum atomic E-state index is -0.384. The molecular weight excluding hydrogens is 550 g/mol. The Hall–Kier alpha value is -3.38. The minimum absolute atomic E-state index is 0.102. The second-order valence-electron chi connectivity index (χ2n) is 9.25. The van der Waals surface area contributed by atoms with Gasteiger partial charge in [-0.25, -0.2) is 4.79 Å². The molecule has 0 unspecified atom stereocenters. The van der Waals surface area contributed by atoms with E-state index in [1.165, 1.54) is 23.1 Å². The van der Waals surface area contributed by atoms with Crippen molar-refractivity contribution in [1.82, 2.24) is 20.1 Å². The van der Waals surface area contributed by atoms with Gasteiger partial charge in [0, 0.05) is 11.4 Å². The Morgan fingerprint density at radius 3 is 2.65 bits per heavy atom. The second kappa shape index (κ2) is 14.8. The number of thiophene rings is 1. The summed E-state index contributed by atoms with van der Waals surface area (Å²) < 4.78 is 12.7. The number of aromatic nitrogens is 3. The fourth-order valence-electron chi connectivity index (χ4n) is 4.36. The molecule has 4 rings (SSSR count). The molecule has 1 aliphatic rings. The first-order chi connectivity index (χ1) is 19.5. The fraction of sp³-hybridized carbons (Fsp3) is 0.464. The fourth-order valence-corrected chi connectivity index (χ4v) is 6.43. The molecule has 0 spiro atoms. The van der Waals surface area contributed by atoms with Gasteiger partial charge in [-0.2, -0.15) is 0 Å². The number of amides is 2. The third kappa shape index (κ3) is 7.85. The second-order valence-corrected chi connectivity index (χ2v) is 11.3. The lowest BCUT2D eigenvalue weighted by Gasteiger charge is -2.12. The highest BCUT2D eigenvalue weighted by Gasteiger charge is 2.27. The Bertz CT molecular complexity index is 1310. The summed E-state index contributed by atoms with van der Waals surface area (Å²) in [5.74, 6) is 0.459. The number of fused-ring (bicyclic) bond motifs is 1. The Kier molecular flexibility index (Phi) is 11.0. The predicted molar refractivity (Wildman–Crippen MR) is 155 cm³/mol. The third-order valence-electron chi connectivity index (χ3n) is 6.32. The van der Waals surface area contributed by atoms with Crippen molar-refractivity contribution in [2.75, 3.05) is 24.3 Å². The van der Waals surface area contributed by atoms with Gasteiger partial charge in [-0.05, 0) is 56.7 Å². The summed E-state index contributed by atoms with van der Waals surface area (Å²) in [6, 6.07) is 9.15. The Morgan fingerprint density at radius 2 is 1.88 bits per heavy atom. The number of nitrogens with one attached hydrogen (secondary N) is 2. The van der Waals surface area contributed by atoms with Gasteiger partial charge in [-0.15, -0.1) is 21.5 Å². The number of para-hydroxylation sites is 1. The van der Waals surface area contributed by atoms with E-state index in [9.17, 15) is 14.4 Å². The number of unbranched alkanes of at least 4 members (excludes halogenated alkanes) is 1. The minimum Gasteiger partial charge on any atom is -0.484 e. The number of carbonyl (C=O) groups is 3. The molecule has 1 aromatic carbocycles. The summed E-state index contributed by atoms with van der Waals surface area (Å²) in [4.78, 5) is 39.1. The van der Waals surface area contributed by atoms with Gasteiger partial charge >= 0.3 is 5.97 Å². The van der Waals surface area contributed by atoms with Gasteiger partial charge in [0.2, 0.25) is 5.91 Å². The summed E-state index contributed by atoms with van der Waals surface area (Å²) in [6.07, 6.45) is 5.71. The Labute approximate surface area is 242 Å². The quantitative estimate of drug-likeness (QED) is 0.207. The monoisotopic (exact) mass is 585 g/mol. The SMILES string of the molecule is CCCCn1c(CNC(=O)COc2ccccc2)nnc1SCC(=O)Nc1sc2c(c1C(=O)OCC)CCCC2. The normalized spacial score (nSPS) is 12.4. The van der Waals surface area contributed by atoms with Crippen molar-refractivity contribution in [3.8, 4) is 5.75 Å². The van der Waals surface area contributed by atoms with Crippen molar-refractivity contribution in [2.45, 2.75) is 70.6 Å². The highest BCUT2D eigenvalue weighted by atomic mass is 32.2. The van der Waals surface area contributed by atoms with Crippen molar-refractivity contribution in [3.63, 3.8) is 0 Å². The number of thioether (sulfide) groups is 1. The number of carbonyl (C=O) groups excluding carboxylic acids is 3. The molecule has 0 saturated carbocycles. The molecule has 2 heterocycles. The maximum absolute atomic E-state index is 13.0. The first-order valence-corrected chi connectivity index (χ1v) is 15.4. The van der Waals surface area contributed by atoms with Gasteiger partial charge in [-0.1, -0.05) is 43.3 Å². The number of hydrogen-bond donors (Lipinski definition) is 2. The van der Waals surface area contributed by atoms with Gasteiger partial charge in [-0.3, -0.25) is 9.59 Å². The molecule has 10 nitrogen and oxygen atoms in total. The van der Waals surface area contributed by atoms with Crippen molar-refractivity contribution >= 4 is 45.9 Å². The Morgan fingerprint density at radius 1 is 1.07 bits per heavy atom. The number of aryl methyl sites for hydroxylation is 1. The molecule has 2 aromatic heterocycles. The number of benzene rings is 1. The largest absolute Gasteiger partial charge is 0.484 e. The topological polar surface area (TPSA) is 124 Å². The molecule has 40 heavy (non-hydrogen) atoms. The number of ether oxygens (including phenoxy) is 2. The van der Waals surface area contributed by atoms with E-state index in [1.807, 2.05) is 22.8 Å². The van der Waals surface area contributed by atoms with E-state index in [1.54, 1.807) is 19.1 Å². The predicted octanol–water partition coefficient (Wildman–Crippen LogP) is 4.62. The third-order valence-corrected chi connectivity index (χ3v) is 8.50. The summed E-state index contributed by atoms with van der Waals surface area (Å²) in [7, 11) is 0. The van der Waals surface area contributed by atoms with Crippen molar-refractivity contribution in [3.05, 3.63) is 52.2 Å². The van der Waals surface area contributed by atoms with Crippen molar-refractivity contribution in [2.24, 2.45) is 0 Å². The standard InChI is InChI=1S/C28H35N5O5S2/c1-3-5-15-33-22(16-29-23(34)17-38-19-11-7-6-8-12-19)31-32-28(33)39-18-24(35)30-26-25(27(36)37-4-2)20-13-9-10-14-21(20)40-26/h6-8,11-12H,3-5,9-10,13-18H2,1-2H3,(H,29,34)(H,30,35). The average Bonchev–Trinajstić information content (AvgIpc) is 3.53. The smallest absolute Gasteiger partial charge is 0.341 e. The van der Waals surface area contributed by atoms with Crippen molar-refractivity contribution < 1.29 is 23.9 Å². The molecule has 1 aliphatic carbocycles. The first-order valence-electron chi connectivity index (χ1n) is 13.6. The number of anilines is 1. The van der Waals surface area contributed by atoms with E-state index >= 15 is 0 Å². The summed E-state index contributed by atoms with van der Waals surface area (Å²) in [6.45, 7) is 4.92. The number of hydrogen-bond acceptors (Lipinski definition) is 9. The molecule has 3 aromatic rings. The highest BCUT2D eigenvalue weighted by Crippen LogP contribution is 2.38. The van der Waals surface area contributed by atoms with Crippen LogP contribution in [0.15, 0.2) is 35.5 Å². The van der Waals surface area contributed by atoms with Gasteiger partial charge in [0.15, 0.2) is 17.6 Å². The van der Waals surface area contributed by atoms with Crippen molar-refractivity contribution in [1.29, 1.82) is 0 Å². The van der Waals surface area contributed by atoms with E-state index in [4.69, 9.17) is 9.47 Å². The van der Waals surface area contributed by atoms with Gasteiger partial charge in [0.1, 0.15) is 10.8 Å². The molecule has 0 atom stereocenters. The van der Waals surface area contributed by atoms with Gasteiger partial charge in [0.25, 0.3) is 5.91 Å². The maximum atomic E-state index is 13.0. The summed E-state index contributed by atoms with van der Waals surface area (Å²) >= 11 is 2.75. The lowest BCUT2D eigenvalue weighted by atomic mass is 9.95. The van der Waals surface area contributed by atoms with Crippen LogP contribution < -0.4 is 15.4 Å². The summed E-state index contributed by atoms with van der Waals surface area (Å²) in [5, 5.41) is 15.5. The van der Waals surface area contributed by atoms with Crippen LogP contribution in [0.1, 0.15) is 66.2 Å². The maximum Gasteiger partial charge on any atom is 0.341 e. The van der Waals surface area contributed by atoms with Gasteiger partial charge in [0.05, 0.1) is 24.5 Å². The van der Waals surface area contributed by atoms with Crippen LogP contribution in [-0.2, 0) is 40.3 Å². The molecule has 2 amide bonds. The zero-order chi connectivity index (χ0) is 28.3. The molecule has 2 N–H and O–H groups in total. The van der Waals surface area contributed by atoms with Crippen LogP contribution in [-0.4, -0.2) is 51.5 Å².